The van der Waals surface area contributed by atoms with Gasteiger partial charge >= 0.3 is 0 Å². The topological polar surface area (TPSA) is 67.4 Å². The van der Waals surface area contributed by atoms with Gasteiger partial charge in [-0.05, 0) is 24.3 Å². The maximum atomic E-state index is 5.22. The molecule has 1 aromatic rings. The molecule has 7 heteroatoms. The summed E-state index contributed by atoms with van der Waals surface area (Å²) in [6.45, 7) is 1.91. The molecule has 0 radical (unpaired) electrons. The van der Waals surface area contributed by atoms with Crippen LogP contribution in [0.5, 0.6) is 5.75 Å². The van der Waals surface area contributed by atoms with Gasteiger partial charge < -0.3 is 24.4 Å². The first-order valence-corrected chi connectivity index (χ1v) is 6.74. The molecule has 2 N–H and O–H groups in total. The largest absolute Gasteiger partial charge is 0.497 e. The molecule has 0 aromatic heterocycles. The summed E-state index contributed by atoms with van der Waals surface area (Å²) in [5, 5.41) is 7.61. The van der Waals surface area contributed by atoms with Crippen LogP contribution in [0.2, 0.25) is 0 Å². The Labute approximate surface area is 124 Å². The fraction of sp³-hybridized carbons (Fsp3) is 0.500. The van der Waals surface area contributed by atoms with Gasteiger partial charge in [-0.3, -0.25) is 5.43 Å². The molecule has 0 spiro atoms. The number of anilines is 1. The fourth-order valence-electron chi connectivity index (χ4n) is 2.01. The van der Waals surface area contributed by atoms with E-state index >= 15 is 0 Å². The Morgan fingerprint density at radius 1 is 1.24 bits per heavy atom. The summed E-state index contributed by atoms with van der Waals surface area (Å²) in [7, 11) is 4.91. The van der Waals surface area contributed by atoms with Crippen LogP contribution >= 0.6 is 0 Å². The van der Waals surface area contributed by atoms with E-state index in [1.165, 1.54) is 0 Å². The molecular weight excluding hydrogens is 272 g/mol. The van der Waals surface area contributed by atoms with Crippen molar-refractivity contribution in [2.75, 3.05) is 46.4 Å². The molecule has 2 rings (SSSR count). The lowest BCUT2D eigenvalue weighted by Crippen LogP contribution is -2.40. The summed E-state index contributed by atoms with van der Waals surface area (Å²) in [6, 6.07) is 7.78. The fourth-order valence-corrected chi connectivity index (χ4v) is 2.01. The van der Waals surface area contributed by atoms with Crippen LogP contribution in [-0.2, 0) is 9.47 Å². The second-order valence-corrected chi connectivity index (χ2v) is 4.55. The molecule has 21 heavy (non-hydrogen) atoms. The van der Waals surface area contributed by atoms with Gasteiger partial charge in [-0.15, -0.1) is 0 Å². The Bertz CT molecular complexity index is 460. The highest BCUT2D eigenvalue weighted by Crippen LogP contribution is 2.15. The molecule has 0 unspecified atom stereocenters. The van der Waals surface area contributed by atoms with Gasteiger partial charge in [-0.25, -0.2) is 0 Å². The lowest BCUT2D eigenvalue weighted by molar-refractivity contribution is -0.109. The molecule has 1 aromatic carbocycles. The quantitative estimate of drug-likeness (QED) is 0.695. The van der Waals surface area contributed by atoms with Crippen LogP contribution in [0.25, 0.3) is 0 Å². The van der Waals surface area contributed by atoms with Gasteiger partial charge in [0, 0.05) is 19.9 Å². The third kappa shape index (κ3) is 4.24. The van der Waals surface area contributed by atoms with Gasteiger partial charge in [-0.2, -0.15) is 5.10 Å². The second kappa shape index (κ2) is 7.70. The Balaban J connectivity index is 1.86. The van der Waals surface area contributed by atoms with Crippen LogP contribution in [-0.4, -0.2) is 58.1 Å². The molecule has 7 nitrogen and oxygen atoms in total. The predicted octanol–water partition coefficient (Wildman–Crippen LogP) is 0.902. The minimum absolute atomic E-state index is 0.268. The Morgan fingerprint density at radius 3 is 2.57 bits per heavy atom. The molecular formula is C14H22N4O3. The number of methoxy groups -OCH3 is 3. The number of hydrogen-bond donors (Lipinski definition) is 2. The molecule has 1 aliphatic heterocycles. The van der Waals surface area contributed by atoms with Gasteiger partial charge in [0.05, 0.1) is 20.2 Å². The van der Waals surface area contributed by atoms with Gasteiger partial charge in [0.1, 0.15) is 18.3 Å². The third-order valence-electron chi connectivity index (χ3n) is 3.27. The first-order chi connectivity index (χ1) is 10.3. The number of hydrazone groups is 1. The summed E-state index contributed by atoms with van der Waals surface area (Å²) in [5.74, 6) is 1.76. The summed E-state index contributed by atoms with van der Waals surface area (Å²) >= 11 is 0. The van der Waals surface area contributed by atoms with Gasteiger partial charge in [0.15, 0.2) is 6.29 Å². The van der Waals surface area contributed by atoms with Gasteiger partial charge in [-0.1, -0.05) is 0 Å². The van der Waals surface area contributed by atoms with E-state index in [4.69, 9.17) is 14.2 Å². The number of benzene rings is 1. The van der Waals surface area contributed by atoms with Crippen molar-refractivity contribution < 1.29 is 14.2 Å². The standard InChI is InChI=1S/C14H22N4O3/c1-19-12-6-4-11(5-7-12)15-8-13-17-16-10-18(13)9-14(20-2)21-3/h4-7,14-16H,8-10H2,1-3H3. The normalized spacial score (nSPS) is 14.1. The van der Waals surface area contributed by atoms with Crippen LogP contribution in [0, 0.1) is 0 Å². The minimum atomic E-state index is -0.268. The van der Waals surface area contributed by atoms with E-state index in [9.17, 15) is 0 Å². The van der Waals surface area contributed by atoms with E-state index in [0.29, 0.717) is 19.8 Å². The van der Waals surface area contributed by atoms with Crippen molar-refractivity contribution in [3.05, 3.63) is 24.3 Å². The molecule has 0 saturated carbocycles. The van der Waals surface area contributed by atoms with E-state index in [1.807, 2.05) is 24.3 Å². The first kappa shape index (κ1) is 15.4. The highest BCUT2D eigenvalue weighted by molar-refractivity contribution is 5.87. The second-order valence-electron chi connectivity index (χ2n) is 4.55. The van der Waals surface area contributed by atoms with Crippen molar-refractivity contribution in [3.63, 3.8) is 0 Å². The van der Waals surface area contributed by atoms with E-state index in [2.05, 4.69) is 20.7 Å². The number of ether oxygens (including phenoxy) is 3. The maximum absolute atomic E-state index is 5.22. The number of nitrogens with one attached hydrogen (secondary N) is 2. The maximum Gasteiger partial charge on any atom is 0.174 e. The van der Waals surface area contributed by atoms with E-state index < -0.39 is 0 Å². The summed E-state index contributed by atoms with van der Waals surface area (Å²) in [4.78, 5) is 2.08. The molecule has 1 heterocycles. The average Bonchev–Trinajstić information content (AvgIpc) is 2.98. The summed E-state index contributed by atoms with van der Waals surface area (Å²) in [5.41, 5.74) is 3.99. The van der Waals surface area contributed by atoms with Crippen LogP contribution in [0.1, 0.15) is 0 Å². The zero-order valence-corrected chi connectivity index (χ0v) is 12.6. The van der Waals surface area contributed by atoms with Gasteiger partial charge in [0.25, 0.3) is 0 Å². The smallest absolute Gasteiger partial charge is 0.174 e. The average molecular weight is 294 g/mol. The van der Waals surface area contributed by atoms with Crippen molar-refractivity contribution in [1.29, 1.82) is 0 Å². The van der Waals surface area contributed by atoms with Crippen molar-refractivity contribution in [1.82, 2.24) is 10.3 Å². The molecule has 0 atom stereocenters. The highest BCUT2D eigenvalue weighted by Gasteiger charge is 2.20. The molecule has 1 aliphatic rings. The van der Waals surface area contributed by atoms with Crippen LogP contribution in [0.3, 0.4) is 0 Å². The lowest BCUT2D eigenvalue weighted by atomic mass is 10.3. The summed E-state index contributed by atoms with van der Waals surface area (Å²) in [6.07, 6.45) is -0.268. The number of nitrogens with zero attached hydrogens (tertiary/aromatic N) is 2. The van der Waals surface area contributed by atoms with Crippen LogP contribution in [0.4, 0.5) is 5.69 Å². The molecule has 0 amide bonds. The Morgan fingerprint density at radius 2 is 1.95 bits per heavy atom. The van der Waals surface area contributed by atoms with E-state index in [0.717, 1.165) is 17.3 Å². The number of rotatable bonds is 8. The molecule has 0 fully saturated rings. The van der Waals surface area contributed by atoms with Crippen molar-refractivity contribution in [2.45, 2.75) is 6.29 Å². The molecule has 0 bridgehead atoms. The van der Waals surface area contributed by atoms with Crippen molar-refractivity contribution in [2.24, 2.45) is 5.10 Å². The van der Waals surface area contributed by atoms with E-state index in [1.54, 1.807) is 21.3 Å². The Hall–Kier alpha value is -1.99. The third-order valence-corrected chi connectivity index (χ3v) is 3.27. The van der Waals surface area contributed by atoms with E-state index in [-0.39, 0.29) is 6.29 Å². The lowest BCUT2D eigenvalue weighted by Gasteiger charge is -2.23. The molecule has 116 valence electrons. The van der Waals surface area contributed by atoms with Crippen molar-refractivity contribution >= 4 is 11.5 Å². The van der Waals surface area contributed by atoms with Gasteiger partial charge in [0.2, 0.25) is 0 Å². The highest BCUT2D eigenvalue weighted by atomic mass is 16.7. The minimum Gasteiger partial charge on any atom is -0.497 e. The van der Waals surface area contributed by atoms with Crippen LogP contribution in [0.15, 0.2) is 29.4 Å². The Kier molecular flexibility index (Phi) is 5.65. The van der Waals surface area contributed by atoms with Crippen LogP contribution < -0.4 is 15.5 Å². The number of amidine groups is 1. The molecule has 0 saturated heterocycles. The zero-order chi connectivity index (χ0) is 15.1. The SMILES string of the molecule is COc1ccc(NCC2=NNCN2CC(OC)OC)cc1. The zero-order valence-electron chi connectivity index (χ0n) is 12.6. The monoisotopic (exact) mass is 294 g/mol. The molecule has 0 aliphatic carbocycles. The number of hydrogen-bond acceptors (Lipinski definition) is 7. The first-order valence-electron chi connectivity index (χ1n) is 6.74. The predicted molar refractivity (Wildman–Crippen MR) is 81.4 cm³/mol. The van der Waals surface area contributed by atoms with Crippen molar-refractivity contribution in [3.8, 4) is 5.75 Å². The summed E-state index contributed by atoms with van der Waals surface area (Å²) < 4.78 is 15.6.